The fourth-order valence-corrected chi connectivity index (χ4v) is 5.92. The summed E-state index contributed by atoms with van der Waals surface area (Å²) in [6, 6.07) is 7.36. The molecule has 1 aliphatic rings. The first-order valence-corrected chi connectivity index (χ1v) is 16.9. The van der Waals surface area contributed by atoms with Crippen LogP contribution in [0.3, 0.4) is 0 Å². The second-order valence-corrected chi connectivity index (χ2v) is 12.4. The number of carboxylic acid groups (broad SMARTS) is 1. The van der Waals surface area contributed by atoms with Crippen LogP contribution in [0.5, 0.6) is 17.2 Å². The number of aromatic nitrogens is 1. The van der Waals surface area contributed by atoms with Gasteiger partial charge in [-0.05, 0) is 67.6 Å². The average molecular weight is 683 g/mol. The number of allylic oxidation sites excluding steroid dienone is 1. The van der Waals surface area contributed by atoms with Crippen LogP contribution in [-0.2, 0) is 16.0 Å². The van der Waals surface area contributed by atoms with E-state index >= 15 is 0 Å². The third kappa shape index (κ3) is 11.6. The number of carbonyl (C=O) groups excluding carboxylic acids is 2. The van der Waals surface area contributed by atoms with E-state index < -0.39 is 11.8 Å². The first kappa shape index (κ1) is 36.3. The van der Waals surface area contributed by atoms with Gasteiger partial charge in [-0.3, -0.25) is 14.4 Å². The maximum atomic E-state index is 14.4. The highest BCUT2D eigenvalue weighted by Gasteiger charge is 2.26. The van der Waals surface area contributed by atoms with E-state index in [9.17, 15) is 18.8 Å². The number of hydrogen-bond donors (Lipinski definition) is 5. The summed E-state index contributed by atoms with van der Waals surface area (Å²) in [4.78, 5) is 38.6. The predicted molar refractivity (Wildman–Crippen MR) is 181 cm³/mol. The van der Waals surface area contributed by atoms with Gasteiger partial charge in [0, 0.05) is 48.4 Å². The molecule has 0 spiro atoms. The second kappa shape index (κ2) is 18.7. The molecule has 1 amide bonds. The highest BCUT2D eigenvalue weighted by molar-refractivity contribution is 7.13. The number of amides is 1. The zero-order valence-corrected chi connectivity index (χ0v) is 27.6. The molecule has 258 valence electrons. The van der Waals surface area contributed by atoms with Gasteiger partial charge in [-0.15, -0.1) is 11.3 Å². The molecule has 1 aliphatic heterocycles. The summed E-state index contributed by atoms with van der Waals surface area (Å²) in [6.07, 6.45) is 11.1. The van der Waals surface area contributed by atoms with E-state index in [-0.39, 0.29) is 42.7 Å². The van der Waals surface area contributed by atoms with Gasteiger partial charge in [0.2, 0.25) is 5.91 Å². The van der Waals surface area contributed by atoms with Gasteiger partial charge in [-0.25, -0.2) is 15.2 Å². The molecular weight excluding hydrogens is 639 g/mol. The summed E-state index contributed by atoms with van der Waals surface area (Å²) >= 11 is 1.34. The van der Waals surface area contributed by atoms with Crippen LogP contribution in [-0.4, -0.2) is 53.0 Å². The Kier molecular flexibility index (Phi) is 14.2. The Balaban J connectivity index is 1.38. The second-order valence-electron chi connectivity index (χ2n) is 11.6. The van der Waals surface area contributed by atoms with Crippen molar-refractivity contribution < 1.29 is 33.4 Å². The first-order chi connectivity index (χ1) is 23.2. The number of nitrogens with zero attached hydrogens (tertiary/aromatic N) is 2. The Labute approximate surface area is 283 Å². The largest absolute Gasteiger partial charge is 0.488 e. The van der Waals surface area contributed by atoms with E-state index in [1.165, 1.54) is 28.5 Å². The van der Waals surface area contributed by atoms with Crippen LogP contribution >= 0.6 is 11.3 Å². The molecule has 12 nitrogen and oxygen atoms in total. The van der Waals surface area contributed by atoms with E-state index in [4.69, 9.17) is 26.2 Å². The summed E-state index contributed by atoms with van der Waals surface area (Å²) in [5, 5.41) is 18.7. The molecule has 0 bridgehead atoms. The molecule has 0 saturated heterocycles. The third-order valence-electron chi connectivity index (χ3n) is 7.81. The van der Waals surface area contributed by atoms with Crippen LogP contribution in [0, 0.1) is 5.82 Å². The van der Waals surface area contributed by atoms with E-state index in [1.807, 2.05) is 6.07 Å². The number of aliphatic carboxylic acids is 1. The van der Waals surface area contributed by atoms with Gasteiger partial charge in [-0.2, -0.15) is 0 Å². The molecule has 7 N–H and O–H groups in total. The number of nitrogens with two attached hydrogens (primary N) is 2. The van der Waals surface area contributed by atoms with Crippen molar-refractivity contribution >= 4 is 34.6 Å². The van der Waals surface area contributed by atoms with Crippen LogP contribution in [0.4, 0.5) is 9.52 Å². The molecule has 1 aromatic heterocycles. The number of anilines is 1. The molecule has 2 heterocycles. The van der Waals surface area contributed by atoms with Crippen molar-refractivity contribution in [3.05, 3.63) is 76.3 Å². The molecule has 0 fully saturated rings. The Hall–Kier alpha value is -4.53. The number of nitrogens with one attached hydrogen (secondary N) is 2. The lowest BCUT2D eigenvalue weighted by molar-refractivity contribution is -0.137. The first-order valence-electron chi connectivity index (χ1n) is 16.1. The van der Waals surface area contributed by atoms with E-state index in [0.29, 0.717) is 61.0 Å². The van der Waals surface area contributed by atoms with Crippen LogP contribution in [0.25, 0.3) is 0 Å². The molecule has 3 aromatic rings. The minimum atomic E-state index is -0.753. The van der Waals surface area contributed by atoms with Gasteiger partial charge >= 0.3 is 5.97 Å². The fraction of sp³-hybridized carbons (Fsp3) is 0.412. The molecule has 48 heavy (non-hydrogen) atoms. The van der Waals surface area contributed by atoms with Crippen LogP contribution in [0.15, 0.2) is 53.8 Å². The van der Waals surface area contributed by atoms with Crippen molar-refractivity contribution in [2.75, 3.05) is 25.0 Å². The summed E-state index contributed by atoms with van der Waals surface area (Å²) in [5.74, 6) is 5.46. The van der Waals surface area contributed by atoms with E-state index in [1.54, 1.807) is 23.8 Å². The van der Waals surface area contributed by atoms with Crippen LogP contribution in [0.1, 0.15) is 85.3 Å². The number of halogens is 1. The number of fused-ring (bicyclic) bond motifs is 1. The molecule has 0 radical (unpaired) electrons. The average Bonchev–Trinajstić information content (AvgIpc) is 3.55. The Morgan fingerprint density at radius 2 is 1.90 bits per heavy atom. The standard InChI is InChI=1S/C34H43FN6O6S/c35-28-18-26(10-9-24(28)22-42)47-31-19-27-23(11-12-38-29(27)20-32(43)40-34-39-13-16-48-34)17-30(31)46-15-14-41(37)21-25(36)7-5-3-1-2-4-6-8-33(44)45/h9-10,13,16-19,21-22,29,38H,1-8,11-12,14-15,20,36-37H2,(H,44,45)(H,39,40,43)/b25-21-. The normalized spacial score (nSPS) is 14.2. The monoisotopic (exact) mass is 682 g/mol. The quantitative estimate of drug-likeness (QED) is 0.0429. The van der Waals surface area contributed by atoms with Crippen molar-refractivity contribution in [3.63, 3.8) is 0 Å². The van der Waals surface area contributed by atoms with E-state index in [0.717, 1.165) is 49.3 Å². The number of rotatable bonds is 20. The maximum Gasteiger partial charge on any atom is 0.303 e. The minimum Gasteiger partial charge on any atom is -0.488 e. The van der Waals surface area contributed by atoms with Gasteiger partial charge in [0.25, 0.3) is 0 Å². The van der Waals surface area contributed by atoms with Gasteiger partial charge in [0.05, 0.1) is 12.1 Å². The molecule has 1 unspecified atom stereocenters. The SMILES string of the molecule is N/C(=C\N(N)CCOc1cc2c(cc1Oc1ccc(C=O)c(F)c1)C(CC(=O)Nc1nccs1)NCC2)CCCCCCCCC(=O)O. The highest BCUT2D eigenvalue weighted by atomic mass is 32.1. The zero-order valence-electron chi connectivity index (χ0n) is 26.8. The maximum absolute atomic E-state index is 14.4. The smallest absolute Gasteiger partial charge is 0.303 e. The molecule has 2 aromatic carbocycles. The predicted octanol–water partition coefficient (Wildman–Crippen LogP) is 5.66. The van der Waals surface area contributed by atoms with Gasteiger partial charge in [0.15, 0.2) is 22.9 Å². The number of aldehydes is 1. The molecule has 0 saturated carbocycles. The number of hydrogen-bond acceptors (Lipinski definition) is 11. The number of hydrazine groups is 1. The van der Waals surface area contributed by atoms with Crippen LogP contribution < -0.4 is 31.7 Å². The van der Waals surface area contributed by atoms with E-state index in [2.05, 4.69) is 15.6 Å². The van der Waals surface area contributed by atoms with Crippen molar-refractivity contribution in [2.45, 2.75) is 70.3 Å². The number of benzene rings is 2. The summed E-state index contributed by atoms with van der Waals surface area (Å²) in [5.41, 5.74) is 8.60. The Bertz CT molecular complexity index is 1550. The number of carboxylic acids is 1. The molecule has 0 aliphatic carbocycles. The number of ether oxygens (including phenoxy) is 2. The molecular formula is C34H43FN6O6S. The lowest BCUT2D eigenvalue weighted by Crippen LogP contribution is -2.33. The number of unbranched alkanes of at least 4 members (excludes halogenated alkanes) is 5. The molecule has 1 atom stereocenters. The minimum absolute atomic E-state index is 0.0804. The van der Waals surface area contributed by atoms with Crippen molar-refractivity contribution in [1.29, 1.82) is 0 Å². The zero-order chi connectivity index (χ0) is 34.3. The highest BCUT2D eigenvalue weighted by Crippen LogP contribution is 2.39. The summed E-state index contributed by atoms with van der Waals surface area (Å²) in [7, 11) is 0. The number of carbonyl (C=O) groups is 3. The van der Waals surface area contributed by atoms with Crippen molar-refractivity contribution in [1.82, 2.24) is 15.3 Å². The molecule has 14 heteroatoms. The Morgan fingerprint density at radius 3 is 2.60 bits per heavy atom. The third-order valence-corrected chi connectivity index (χ3v) is 8.49. The van der Waals surface area contributed by atoms with Gasteiger partial charge in [0.1, 0.15) is 18.2 Å². The van der Waals surface area contributed by atoms with Gasteiger partial charge in [-0.1, -0.05) is 25.7 Å². The summed E-state index contributed by atoms with van der Waals surface area (Å²) < 4.78 is 26.6. The van der Waals surface area contributed by atoms with Crippen molar-refractivity contribution in [2.24, 2.45) is 11.6 Å². The van der Waals surface area contributed by atoms with Gasteiger partial charge < -0.3 is 36.0 Å². The topological polar surface area (TPSA) is 182 Å². The van der Waals surface area contributed by atoms with Crippen LogP contribution in [0.2, 0.25) is 0 Å². The van der Waals surface area contributed by atoms with Crippen molar-refractivity contribution in [3.8, 4) is 17.2 Å². The number of thiazole rings is 1. The summed E-state index contributed by atoms with van der Waals surface area (Å²) in [6.45, 7) is 1.18. The Morgan fingerprint density at radius 1 is 1.12 bits per heavy atom. The molecule has 4 rings (SSSR count). The fourth-order valence-electron chi connectivity index (χ4n) is 5.37. The lowest BCUT2D eigenvalue weighted by atomic mass is 9.91. The lowest BCUT2D eigenvalue weighted by Gasteiger charge is -2.28.